The van der Waals surface area contributed by atoms with E-state index in [1.165, 1.54) is 9.08 Å². The van der Waals surface area contributed by atoms with Crippen molar-refractivity contribution in [2.24, 2.45) is 5.92 Å². The normalized spacial score (nSPS) is 12.2. The molecular weight excluding hydrogens is 468 g/mol. The number of benzene rings is 2. The van der Waals surface area contributed by atoms with Crippen LogP contribution >= 0.6 is 0 Å². The summed E-state index contributed by atoms with van der Waals surface area (Å²) in [6, 6.07) is 19.7. The molecule has 2 amide bonds. The number of hydrogen-bond donors (Lipinski definition) is 3. The molecule has 9 heteroatoms. The van der Waals surface area contributed by atoms with Crippen molar-refractivity contribution in [3.05, 3.63) is 101 Å². The van der Waals surface area contributed by atoms with Crippen molar-refractivity contribution in [2.45, 2.75) is 32.9 Å². The molecule has 37 heavy (non-hydrogen) atoms. The Morgan fingerprint density at radius 1 is 1.00 bits per heavy atom. The SMILES string of the molecule is CC(C)C(=O)NC(Cc1c[nH]c2ccccc12)C(=O)Nc1cccc(Cn2nc3ccccn3c2=O)c1. The van der Waals surface area contributed by atoms with Gasteiger partial charge in [-0.05, 0) is 41.5 Å². The van der Waals surface area contributed by atoms with Crippen LogP contribution in [0.3, 0.4) is 0 Å². The zero-order chi connectivity index (χ0) is 25.9. The summed E-state index contributed by atoms with van der Waals surface area (Å²) < 4.78 is 2.87. The predicted octanol–water partition coefficient (Wildman–Crippen LogP) is 3.35. The van der Waals surface area contributed by atoms with Crippen LogP contribution in [0.15, 0.2) is 83.9 Å². The third-order valence-electron chi connectivity index (χ3n) is 6.27. The minimum Gasteiger partial charge on any atom is -0.361 e. The average molecular weight is 497 g/mol. The standard InChI is InChI=1S/C28H28N6O3/c1-18(2)26(35)31-24(15-20-16-29-23-11-4-3-10-22(20)23)27(36)30-21-9-7-8-19(14-21)17-34-28(37)33-13-6-5-12-25(33)32-34/h3-14,16,18,24,29H,15,17H2,1-2H3,(H,30,36)(H,31,35). The molecule has 9 nitrogen and oxygen atoms in total. The van der Waals surface area contributed by atoms with Crippen molar-refractivity contribution in [3.63, 3.8) is 0 Å². The number of anilines is 1. The van der Waals surface area contributed by atoms with Gasteiger partial charge in [0.05, 0.1) is 6.54 Å². The van der Waals surface area contributed by atoms with Gasteiger partial charge < -0.3 is 15.6 Å². The summed E-state index contributed by atoms with van der Waals surface area (Å²) in [7, 11) is 0. The Hall–Kier alpha value is -4.66. The summed E-state index contributed by atoms with van der Waals surface area (Å²) in [5, 5.41) is 11.2. The van der Waals surface area contributed by atoms with Gasteiger partial charge in [0, 0.05) is 41.3 Å². The Morgan fingerprint density at radius 2 is 1.81 bits per heavy atom. The first-order chi connectivity index (χ1) is 17.9. The molecule has 0 radical (unpaired) electrons. The van der Waals surface area contributed by atoms with E-state index in [2.05, 4.69) is 20.7 Å². The largest absolute Gasteiger partial charge is 0.361 e. The molecule has 188 valence electrons. The number of rotatable bonds is 8. The Bertz CT molecular complexity index is 1640. The Balaban J connectivity index is 1.36. The molecule has 5 aromatic rings. The van der Waals surface area contributed by atoms with Crippen molar-refractivity contribution in [3.8, 4) is 0 Å². The predicted molar refractivity (Wildman–Crippen MR) is 142 cm³/mol. The van der Waals surface area contributed by atoms with Gasteiger partial charge in [0.25, 0.3) is 0 Å². The minimum absolute atomic E-state index is 0.194. The van der Waals surface area contributed by atoms with E-state index in [0.29, 0.717) is 17.8 Å². The number of amides is 2. The lowest BCUT2D eigenvalue weighted by molar-refractivity contribution is -0.128. The van der Waals surface area contributed by atoms with Gasteiger partial charge >= 0.3 is 5.69 Å². The van der Waals surface area contributed by atoms with Crippen molar-refractivity contribution in [2.75, 3.05) is 5.32 Å². The molecule has 3 aromatic heterocycles. The summed E-state index contributed by atoms with van der Waals surface area (Å²) in [6.45, 7) is 3.84. The lowest BCUT2D eigenvalue weighted by atomic mass is 10.0. The molecular formula is C28H28N6O3. The molecule has 3 N–H and O–H groups in total. The zero-order valence-corrected chi connectivity index (χ0v) is 20.6. The van der Waals surface area contributed by atoms with Crippen LogP contribution in [-0.2, 0) is 22.6 Å². The van der Waals surface area contributed by atoms with Crippen molar-refractivity contribution in [1.29, 1.82) is 0 Å². The van der Waals surface area contributed by atoms with Crippen LogP contribution in [0.2, 0.25) is 0 Å². The lowest BCUT2D eigenvalue weighted by Gasteiger charge is -2.20. The summed E-state index contributed by atoms with van der Waals surface area (Å²) in [5.41, 5.74) is 3.63. The zero-order valence-electron chi connectivity index (χ0n) is 20.6. The molecule has 0 aliphatic heterocycles. The van der Waals surface area contributed by atoms with Crippen LogP contribution in [-0.4, -0.2) is 37.0 Å². The van der Waals surface area contributed by atoms with E-state index in [9.17, 15) is 14.4 Å². The summed E-state index contributed by atoms with van der Waals surface area (Å²) in [6.07, 6.45) is 3.89. The second kappa shape index (κ2) is 10.1. The third kappa shape index (κ3) is 5.16. The molecule has 1 atom stereocenters. The van der Waals surface area contributed by atoms with Crippen molar-refractivity contribution < 1.29 is 9.59 Å². The highest BCUT2D eigenvalue weighted by atomic mass is 16.2. The first-order valence-electron chi connectivity index (χ1n) is 12.2. The molecule has 0 aliphatic rings. The minimum atomic E-state index is -0.765. The Morgan fingerprint density at radius 3 is 2.62 bits per heavy atom. The third-order valence-corrected chi connectivity index (χ3v) is 6.27. The highest BCUT2D eigenvalue weighted by Gasteiger charge is 2.24. The number of carbonyl (C=O) groups is 2. The number of H-pyrrole nitrogens is 1. The number of nitrogens with zero attached hydrogens (tertiary/aromatic N) is 3. The van der Waals surface area contributed by atoms with Crippen LogP contribution in [0, 0.1) is 5.92 Å². The van der Waals surface area contributed by atoms with Gasteiger partial charge in [0.2, 0.25) is 11.8 Å². The maximum absolute atomic E-state index is 13.4. The van der Waals surface area contributed by atoms with Gasteiger partial charge in [-0.3, -0.25) is 14.0 Å². The molecule has 0 bridgehead atoms. The van der Waals surface area contributed by atoms with Crippen LogP contribution in [0.25, 0.3) is 16.6 Å². The molecule has 0 aliphatic carbocycles. The van der Waals surface area contributed by atoms with Crippen LogP contribution in [0.1, 0.15) is 25.0 Å². The van der Waals surface area contributed by atoms with Gasteiger partial charge in [-0.1, -0.05) is 50.2 Å². The van der Waals surface area contributed by atoms with Crippen LogP contribution in [0.4, 0.5) is 5.69 Å². The van der Waals surface area contributed by atoms with Crippen molar-refractivity contribution in [1.82, 2.24) is 24.5 Å². The molecule has 5 rings (SSSR count). The Labute approximate surface area is 213 Å². The van der Waals surface area contributed by atoms with Crippen molar-refractivity contribution >= 4 is 34.1 Å². The van der Waals surface area contributed by atoms with E-state index in [1.807, 2.05) is 48.7 Å². The number of nitrogens with one attached hydrogen (secondary N) is 3. The molecule has 0 spiro atoms. The quantitative estimate of drug-likeness (QED) is 0.306. The molecule has 0 saturated heterocycles. The number of hydrogen-bond acceptors (Lipinski definition) is 4. The summed E-state index contributed by atoms with van der Waals surface area (Å²) in [5.74, 6) is -0.772. The number of carbonyl (C=O) groups excluding carboxylic acids is 2. The van der Waals surface area contributed by atoms with Gasteiger partial charge in [0.1, 0.15) is 6.04 Å². The number of aromatic nitrogens is 4. The number of aromatic amines is 1. The fraction of sp³-hybridized carbons (Fsp3) is 0.214. The monoisotopic (exact) mass is 496 g/mol. The maximum atomic E-state index is 13.4. The number of pyridine rings is 1. The summed E-state index contributed by atoms with van der Waals surface area (Å²) >= 11 is 0. The van der Waals surface area contributed by atoms with Gasteiger partial charge in [-0.25, -0.2) is 9.48 Å². The average Bonchev–Trinajstić information content (AvgIpc) is 3.44. The fourth-order valence-electron chi connectivity index (χ4n) is 4.29. The second-order valence-corrected chi connectivity index (χ2v) is 9.34. The fourth-order valence-corrected chi connectivity index (χ4v) is 4.29. The lowest BCUT2D eigenvalue weighted by Crippen LogP contribution is -2.46. The van der Waals surface area contributed by atoms with E-state index in [0.717, 1.165) is 22.0 Å². The molecule has 2 aromatic carbocycles. The van der Waals surface area contributed by atoms with Gasteiger partial charge in [-0.2, -0.15) is 0 Å². The molecule has 1 unspecified atom stereocenters. The number of para-hydroxylation sites is 1. The van der Waals surface area contributed by atoms with E-state index in [-0.39, 0.29) is 30.0 Å². The maximum Gasteiger partial charge on any atom is 0.350 e. The molecule has 0 saturated carbocycles. The van der Waals surface area contributed by atoms with Gasteiger partial charge in [-0.15, -0.1) is 5.10 Å². The molecule has 0 fully saturated rings. The van der Waals surface area contributed by atoms with Crippen LogP contribution in [0.5, 0.6) is 0 Å². The second-order valence-electron chi connectivity index (χ2n) is 9.34. The highest BCUT2D eigenvalue weighted by molar-refractivity contribution is 5.98. The smallest absolute Gasteiger partial charge is 0.350 e. The van der Waals surface area contributed by atoms with E-state index in [4.69, 9.17) is 0 Å². The first kappa shape index (κ1) is 24.1. The first-order valence-corrected chi connectivity index (χ1v) is 12.2. The van der Waals surface area contributed by atoms with E-state index < -0.39 is 6.04 Å². The summed E-state index contributed by atoms with van der Waals surface area (Å²) in [4.78, 5) is 41.8. The van der Waals surface area contributed by atoms with Crippen LogP contribution < -0.4 is 16.3 Å². The van der Waals surface area contributed by atoms with Gasteiger partial charge in [0.15, 0.2) is 5.65 Å². The number of fused-ring (bicyclic) bond motifs is 2. The topological polar surface area (TPSA) is 113 Å². The van der Waals surface area contributed by atoms with E-state index >= 15 is 0 Å². The van der Waals surface area contributed by atoms with E-state index in [1.54, 1.807) is 44.3 Å². The Kier molecular flexibility index (Phi) is 6.59. The molecule has 3 heterocycles. The highest BCUT2D eigenvalue weighted by Crippen LogP contribution is 2.20.